The number of hydrogen-bond acceptors (Lipinski definition) is 4. The number of phenols is 1. The topological polar surface area (TPSA) is 35.9 Å². The third-order valence-electron chi connectivity index (χ3n) is 3.39. The molecule has 106 valence electrons. The second-order valence-electron chi connectivity index (χ2n) is 4.94. The molecule has 0 spiro atoms. The molecule has 0 amide bonds. The molecule has 0 unspecified atom stereocenters. The average molecular weight is 329 g/mol. The van der Waals surface area contributed by atoms with Gasteiger partial charge in [0.1, 0.15) is 0 Å². The Hall–Kier alpha value is -0.780. The van der Waals surface area contributed by atoms with Gasteiger partial charge in [-0.15, -0.1) is 0 Å². The summed E-state index contributed by atoms with van der Waals surface area (Å²) in [5, 5.41) is 9.90. The van der Waals surface area contributed by atoms with E-state index in [1.165, 1.54) is 0 Å². The number of rotatable bonds is 4. The van der Waals surface area contributed by atoms with E-state index in [0.29, 0.717) is 16.8 Å². The third-order valence-corrected chi connectivity index (χ3v) is 3.99. The maximum Gasteiger partial charge on any atom is 0.172 e. The van der Waals surface area contributed by atoms with Crippen molar-refractivity contribution in [3.63, 3.8) is 0 Å². The summed E-state index contributed by atoms with van der Waals surface area (Å²) in [5.74, 6) is 0.741. The summed E-state index contributed by atoms with van der Waals surface area (Å²) < 4.78 is 6.15. The van der Waals surface area contributed by atoms with E-state index < -0.39 is 0 Å². The number of ether oxygens (including phenoxy) is 1. The Morgan fingerprint density at radius 1 is 1.26 bits per heavy atom. The predicted molar refractivity (Wildman–Crippen MR) is 79.7 cm³/mol. The van der Waals surface area contributed by atoms with Gasteiger partial charge in [0.2, 0.25) is 0 Å². The minimum atomic E-state index is 0.184. The molecule has 1 aromatic carbocycles. The first-order valence-electron chi connectivity index (χ1n) is 6.65. The molecule has 0 radical (unpaired) electrons. The zero-order valence-electron chi connectivity index (χ0n) is 11.5. The molecule has 1 saturated heterocycles. The van der Waals surface area contributed by atoms with Crippen molar-refractivity contribution in [2.24, 2.45) is 0 Å². The highest BCUT2D eigenvalue weighted by molar-refractivity contribution is 9.10. The third kappa shape index (κ3) is 3.84. The SMILES string of the molecule is CCOc1cc(CN2CCN(C)CC2)cc(Br)c1O. The molecule has 0 atom stereocenters. The molecule has 19 heavy (non-hydrogen) atoms. The minimum absolute atomic E-state index is 0.184. The van der Waals surface area contributed by atoms with Crippen molar-refractivity contribution >= 4 is 15.9 Å². The summed E-state index contributed by atoms with van der Waals surface area (Å²) in [6.07, 6.45) is 0. The molecule has 1 fully saturated rings. The van der Waals surface area contributed by atoms with Crippen molar-refractivity contribution in [2.75, 3.05) is 39.8 Å². The monoisotopic (exact) mass is 328 g/mol. The van der Waals surface area contributed by atoms with Gasteiger partial charge in [0, 0.05) is 32.7 Å². The van der Waals surface area contributed by atoms with E-state index in [2.05, 4.69) is 32.8 Å². The first-order chi connectivity index (χ1) is 9.10. The largest absolute Gasteiger partial charge is 0.503 e. The van der Waals surface area contributed by atoms with Crippen molar-refractivity contribution < 1.29 is 9.84 Å². The van der Waals surface area contributed by atoms with E-state index in [1.54, 1.807) is 0 Å². The van der Waals surface area contributed by atoms with Crippen LogP contribution in [0.2, 0.25) is 0 Å². The first kappa shape index (κ1) is 14.6. The number of aromatic hydroxyl groups is 1. The van der Waals surface area contributed by atoms with Crippen LogP contribution in [0.4, 0.5) is 0 Å². The molecule has 0 aliphatic carbocycles. The van der Waals surface area contributed by atoms with Gasteiger partial charge in [0.05, 0.1) is 11.1 Å². The van der Waals surface area contributed by atoms with E-state index in [1.807, 2.05) is 19.1 Å². The van der Waals surface area contributed by atoms with Gasteiger partial charge in [0.25, 0.3) is 0 Å². The van der Waals surface area contributed by atoms with Crippen LogP contribution in [0.15, 0.2) is 16.6 Å². The molecule has 1 aromatic rings. The summed E-state index contributed by atoms with van der Waals surface area (Å²) in [6.45, 7) is 7.75. The fraction of sp³-hybridized carbons (Fsp3) is 0.571. The molecule has 0 bridgehead atoms. The van der Waals surface area contributed by atoms with Crippen molar-refractivity contribution in [1.82, 2.24) is 9.80 Å². The maximum absolute atomic E-state index is 9.90. The van der Waals surface area contributed by atoms with Crippen LogP contribution in [-0.2, 0) is 6.54 Å². The van der Waals surface area contributed by atoms with Crippen LogP contribution in [0.5, 0.6) is 11.5 Å². The highest BCUT2D eigenvalue weighted by atomic mass is 79.9. The Labute approximate surface area is 123 Å². The number of halogens is 1. The van der Waals surface area contributed by atoms with Crippen molar-refractivity contribution in [3.8, 4) is 11.5 Å². The second-order valence-corrected chi connectivity index (χ2v) is 5.79. The number of benzene rings is 1. The van der Waals surface area contributed by atoms with Crippen molar-refractivity contribution in [2.45, 2.75) is 13.5 Å². The lowest BCUT2D eigenvalue weighted by Crippen LogP contribution is -2.43. The van der Waals surface area contributed by atoms with Crippen LogP contribution in [0, 0.1) is 0 Å². The number of likely N-dealkylation sites (N-methyl/N-ethyl adjacent to an activating group) is 1. The average Bonchev–Trinajstić information content (AvgIpc) is 2.38. The normalized spacial score (nSPS) is 17.6. The lowest BCUT2D eigenvalue weighted by Gasteiger charge is -2.32. The Morgan fingerprint density at radius 2 is 1.95 bits per heavy atom. The molecule has 2 rings (SSSR count). The van der Waals surface area contributed by atoms with Gasteiger partial charge in [0.15, 0.2) is 11.5 Å². The molecule has 1 heterocycles. The van der Waals surface area contributed by atoms with Gasteiger partial charge >= 0.3 is 0 Å². The molecule has 1 N–H and O–H groups in total. The number of nitrogens with zero attached hydrogens (tertiary/aromatic N) is 2. The lowest BCUT2D eigenvalue weighted by atomic mass is 10.1. The fourth-order valence-corrected chi connectivity index (χ4v) is 2.74. The van der Waals surface area contributed by atoms with E-state index in [-0.39, 0.29) is 5.75 Å². The van der Waals surface area contributed by atoms with E-state index in [9.17, 15) is 5.11 Å². The van der Waals surface area contributed by atoms with Crippen LogP contribution in [0.1, 0.15) is 12.5 Å². The minimum Gasteiger partial charge on any atom is -0.503 e. The van der Waals surface area contributed by atoms with E-state index in [0.717, 1.165) is 38.3 Å². The van der Waals surface area contributed by atoms with Crippen LogP contribution >= 0.6 is 15.9 Å². The van der Waals surface area contributed by atoms with Crippen LogP contribution in [-0.4, -0.2) is 54.7 Å². The molecule has 0 saturated carbocycles. The molecule has 5 heteroatoms. The Bertz CT molecular complexity index is 432. The molecule has 0 aromatic heterocycles. The number of hydrogen-bond donors (Lipinski definition) is 1. The highest BCUT2D eigenvalue weighted by Gasteiger charge is 2.16. The fourth-order valence-electron chi connectivity index (χ4n) is 2.25. The second kappa shape index (κ2) is 6.59. The van der Waals surface area contributed by atoms with Gasteiger partial charge in [-0.3, -0.25) is 4.90 Å². The number of phenolic OH excluding ortho intramolecular Hbond substituents is 1. The quantitative estimate of drug-likeness (QED) is 0.920. The summed E-state index contributed by atoms with van der Waals surface area (Å²) in [5.41, 5.74) is 1.16. The lowest BCUT2D eigenvalue weighted by molar-refractivity contribution is 0.148. The van der Waals surface area contributed by atoms with Crippen molar-refractivity contribution in [3.05, 3.63) is 22.2 Å². The maximum atomic E-state index is 9.90. The van der Waals surface area contributed by atoms with E-state index in [4.69, 9.17) is 4.74 Å². The van der Waals surface area contributed by atoms with Crippen LogP contribution in [0.25, 0.3) is 0 Å². The van der Waals surface area contributed by atoms with Gasteiger partial charge in [-0.2, -0.15) is 0 Å². The van der Waals surface area contributed by atoms with E-state index >= 15 is 0 Å². The zero-order chi connectivity index (χ0) is 13.8. The van der Waals surface area contributed by atoms with Crippen molar-refractivity contribution in [1.29, 1.82) is 0 Å². The summed E-state index contributed by atoms with van der Waals surface area (Å²) in [6, 6.07) is 3.90. The standard InChI is InChI=1S/C14H21BrN2O2/c1-3-19-13-9-11(8-12(15)14(13)18)10-17-6-4-16(2)5-7-17/h8-9,18H,3-7,10H2,1-2H3. The van der Waals surface area contributed by atoms with Crippen LogP contribution < -0.4 is 4.74 Å². The Morgan fingerprint density at radius 3 is 2.58 bits per heavy atom. The highest BCUT2D eigenvalue weighted by Crippen LogP contribution is 2.35. The molecular formula is C14H21BrN2O2. The van der Waals surface area contributed by atoms with Gasteiger partial charge in [-0.25, -0.2) is 0 Å². The van der Waals surface area contributed by atoms with Gasteiger partial charge in [-0.05, 0) is 47.6 Å². The summed E-state index contributed by atoms with van der Waals surface area (Å²) in [4.78, 5) is 4.77. The molecular weight excluding hydrogens is 308 g/mol. The van der Waals surface area contributed by atoms with Gasteiger partial charge < -0.3 is 14.7 Å². The molecule has 4 nitrogen and oxygen atoms in total. The number of piperazine rings is 1. The molecule has 1 aliphatic rings. The zero-order valence-corrected chi connectivity index (χ0v) is 13.1. The smallest absolute Gasteiger partial charge is 0.172 e. The Balaban J connectivity index is 2.07. The van der Waals surface area contributed by atoms with Crippen LogP contribution in [0.3, 0.4) is 0 Å². The molecule has 1 aliphatic heterocycles. The van der Waals surface area contributed by atoms with Gasteiger partial charge in [-0.1, -0.05) is 0 Å². The summed E-state index contributed by atoms with van der Waals surface area (Å²) >= 11 is 3.38. The predicted octanol–water partition coefficient (Wildman–Crippen LogP) is 2.30. The first-order valence-corrected chi connectivity index (χ1v) is 7.44. The Kier molecular flexibility index (Phi) is 5.07. The summed E-state index contributed by atoms with van der Waals surface area (Å²) in [7, 11) is 2.15.